The van der Waals surface area contributed by atoms with E-state index in [2.05, 4.69) is 5.32 Å². The number of aromatic carboxylic acids is 1. The second kappa shape index (κ2) is 6.88. The number of alkyl carbamates (subject to hydrolysis) is 1. The standard InChI is InChI=1S/C15H18FNO4/c1-15(2,3)21-14(20)17-9-5-7-10-6-4-8-11(12(10)16)13(18)19/h4-8H,9H2,1-3H3,(H,17,20)(H,18,19). The molecule has 0 atom stereocenters. The highest BCUT2D eigenvalue weighted by Crippen LogP contribution is 2.14. The SMILES string of the molecule is CC(C)(C)OC(=O)NCC=Cc1cccc(C(=O)O)c1F. The molecular formula is C15H18FNO4. The van der Waals surface area contributed by atoms with Gasteiger partial charge >= 0.3 is 12.1 Å². The van der Waals surface area contributed by atoms with Gasteiger partial charge in [0, 0.05) is 12.1 Å². The van der Waals surface area contributed by atoms with E-state index in [1.54, 1.807) is 20.8 Å². The molecule has 0 radical (unpaired) electrons. The molecular weight excluding hydrogens is 277 g/mol. The maximum Gasteiger partial charge on any atom is 0.407 e. The molecule has 0 heterocycles. The first kappa shape index (κ1) is 16.7. The summed E-state index contributed by atoms with van der Waals surface area (Å²) >= 11 is 0. The molecule has 0 aromatic heterocycles. The van der Waals surface area contributed by atoms with E-state index in [9.17, 15) is 14.0 Å². The van der Waals surface area contributed by atoms with Crippen LogP contribution in [0.5, 0.6) is 0 Å². The van der Waals surface area contributed by atoms with Gasteiger partial charge in [-0.25, -0.2) is 14.0 Å². The zero-order valence-corrected chi connectivity index (χ0v) is 12.1. The van der Waals surface area contributed by atoms with E-state index in [1.807, 2.05) is 0 Å². The van der Waals surface area contributed by atoms with Crippen LogP contribution >= 0.6 is 0 Å². The number of carboxylic acid groups (broad SMARTS) is 1. The molecule has 6 heteroatoms. The molecule has 1 aromatic carbocycles. The average molecular weight is 295 g/mol. The molecule has 0 bridgehead atoms. The largest absolute Gasteiger partial charge is 0.478 e. The number of hydrogen-bond acceptors (Lipinski definition) is 3. The first-order valence-corrected chi connectivity index (χ1v) is 6.36. The minimum atomic E-state index is -1.32. The smallest absolute Gasteiger partial charge is 0.407 e. The number of ether oxygens (including phenoxy) is 1. The molecule has 0 aliphatic heterocycles. The van der Waals surface area contributed by atoms with Crippen LogP contribution in [0.4, 0.5) is 9.18 Å². The lowest BCUT2D eigenvalue weighted by molar-refractivity contribution is 0.0533. The number of amides is 1. The first-order valence-electron chi connectivity index (χ1n) is 6.36. The highest BCUT2D eigenvalue weighted by atomic mass is 19.1. The highest BCUT2D eigenvalue weighted by Gasteiger charge is 2.15. The van der Waals surface area contributed by atoms with Crippen molar-refractivity contribution in [3.8, 4) is 0 Å². The molecule has 0 saturated heterocycles. The fraction of sp³-hybridized carbons (Fsp3) is 0.333. The lowest BCUT2D eigenvalue weighted by Crippen LogP contribution is -2.32. The van der Waals surface area contributed by atoms with Gasteiger partial charge in [-0.15, -0.1) is 0 Å². The normalized spacial score (nSPS) is 11.4. The number of carbonyl (C=O) groups excluding carboxylic acids is 1. The third-order valence-corrected chi connectivity index (χ3v) is 2.32. The zero-order valence-electron chi connectivity index (χ0n) is 12.1. The van der Waals surface area contributed by atoms with E-state index in [-0.39, 0.29) is 12.1 Å². The summed E-state index contributed by atoms with van der Waals surface area (Å²) in [7, 11) is 0. The molecule has 114 valence electrons. The molecule has 0 saturated carbocycles. The average Bonchev–Trinajstić information content (AvgIpc) is 2.33. The van der Waals surface area contributed by atoms with E-state index >= 15 is 0 Å². The molecule has 0 aliphatic rings. The summed E-state index contributed by atoms with van der Waals surface area (Å²) in [5, 5.41) is 11.3. The Kier molecular flexibility index (Phi) is 5.46. The van der Waals surface area contributed by atoms with E-state index in [1.165, 1.54) is 30.4 Å². The first-order chi connectivity index (χ1) is 9.70. The molecule has 0 aliphatic carbocycles. The lowest BCUT2D eigenvalue weighted by atomic mass is 10.1. The molecule has 2 N–H and O–H groups in total. The van der Waals surface area contributed by atoms with Crippen LogP contribution in [0.2, 0.25) is 0 Å². The van der Waals surface area contributed by atoms with Crippen molar-refractivity contribution in [3.63, 3.8) is 0 Å². The van der Waals surface area contributed by atoms with E-state index in [0.29, 0.717) is 0 Å². The number of benzene rings is 1. The Morgan fingerprint density at radius 3 is 2.62 bits per heavy atom. The Balaban J connectivity index is 2.61. The van der Waals surface area contributed by atoms with Gasteiger partial charge < -0.3 is 15.2 Å². The van der Waals surface area contributed by atoms with Crippen molar-refractivity contribution in [2.45, 2.75) is 26.4 Å². The summed E-state index contributed by atoms with van der Waals surface area (Å²) in [5.41, 5.74) is -0.839. The number of nitrogens with one attached hydrogen (secondary N) is 1. The topological polar surface area (TPSA) is 75.6 Å². The Hall–Kier alpha value is -2.37. The second-order valence-electron chi connectivity index (χ2n) is 5.30. The predicted molar refractivity (Wildman–Crippen MR) is 76.6 cm³/mol. The van der Waals surface area contributed by atoms with Gasteiger partial charge in [0.05, 0.1) is 5.56 Å². The molecule has 0 spiro atoms. The van der Waals surface area contributed by atoms with Crippen LogP contribution < -0.4 is 5.32 Å². The Bertz CT molecular complexity index is 561. The van der Waals surface area contributed by atoms with Gasteiger partial charge in [0.2, 0.25) is 0 Å². The van der Waals surface area contributed by atoms with Gasteiger partial charge in [-0.3, -0.25) is 0 Å². The number of hydrogen-bond donors (Lipinski definition) is 2. The molecule has 1 aromatic rings. The van der Waals surface area contributed by atoms with Crippen LogP contribution in [0.15, 0.2) is 24.3 Å². The zero-order chi connectivity index (χ0) is 16.0. The van der Waals surface area contributed by atoms with Crippen LogP contribution in [0.3, 0.4) is 0 Å². The lowest BCUT2D eigenvalue weighted by Gasteiger charge is -2.19. The van der Waals surface area contributed by atoms with E-state index < -0.39 is 29.0 Å². The molecule has 21 heavy (non-hydrogen) atoms. The molecule has 1 rings (SSSR count). The number of halogens is 1. The van der Waals surface area contributed by atoms with Crippen molar-refractivity contribution in [3.05, 3.63) is 41.2 Å². The number of carboxylic acids is 1. The number of carbonyl (C=O) groups is 2. The number of rotatable bonds is 4. The van der Waals surface area contributed by atoms with Crippen LogP contribution in [0.1, 0.15) is 36.7 Å². The second-order valence-corrected chi connectivity index (χ2v) is 5.30. The molecule has 0 fully saturated rings. The monoisotopic (exact) mass is 295 g/mol. The predicted octanol–water partition coefficient (Wildman–Crippen LogP) is 3.06. The van der Waals surface area contributed by atoms with Crippen LogP contribution in [0, 0.1) is 5.82 Å². The van der Waals surface area contributed by atoms with Crippen molar-refractivity contribution in [2.75, 3.05) is 6.54 Å². The van der Waals surface area contributed by atoms with Gasteiger partial charge in [-0.05, 0) is 26.8 Å². The van der Waals surface area contributed by atoms with Crippen molar-refractivity contribution < 1.29 is 23.8 Å². The van der Waals surface area contributed by atoms with Gasteiger partial charge in [0.1, 0.15) is 11.4 Å². The minimum absolute atomic E-state index is 0.140. The maximum absolute atomic E-state index is 13.8. The summed E-state index contributed by atoms with van der Waals surface area (Å²) in [4.78, 5) is 22.1. The summed E-state index contributed by atoms with van der Waals surface area (Å²) in [6.45, 7) is 5.38. The fourth-order valence-electron chi connectivity index (χ4n) is 1.49. The Morgan fingerprint density at radius 1 is 1.38 bits per heavy atom. The third kappa shape index (κ3) is 5.64. The van der Waals surface area contributed by atoms with Gasteiger partial charge in [-0.2, -0.15) is 0 Å². The summed E-state index contributed by atoms with van der Waals surface area (Å²) < 4.78 is 18.8. The fourth-order valence-corrected chi connectivity index (χ4v) is 1.49. The Labute approximate surface area is 122 Å². The highest BCUT2D eigenvalue weighted by molar-refractivity contribution is 5.88. The quantitative estimate of drug-likeness (QED) is 0.895. The van der Waals surface area contributed by atoms with E-state index in [0.717, 1.165) is 0 Å². The van der Waals surface area contributed by atoms with Crippen molar-refractivity contribution in [1.29, 1.82) is 0 Å². The minimum Gasteiger partial charge on any atom is -0.478 e. The van der Waals surface area contributed by atoms with Crippen molar-refractivity contribution in [2.24, 2.45) is 0 Å². The Morgan fingerprint density at radius 2 is 2.05 bits per heavy atom. The summed E-state index contributed by atoms with van der Waals surface area (Å²) in [6.07, 6.45) is 2.33. The molecule has 5 nitrogen and oxygen atoms in total. The molecule has 1 amide bonds. The van der Waals surface area contributed by atoms with Crippen molar-refractivity contribution in [1.82, 2.24) is 5.32 Å². The summed E-state index contributed by atoms with van der Waals surface area (Å²) in [6, 6.07) is 4.09. The van der Waals surface area contributed by atoms with Crippen molar-refractivity contribution >= 4 is 18.1 Å². The van der Waals surface area contributed by atoms with Gasteiger partial charge in [0.25, 0.3) is 0 Å². The summed E-state index contributed by atoms with van der Waals surface area (Å²) in [5.74, 6) is -2.13. The van der Waals surface area contributed by atoms with Gasteiger partial charge in [-0.1, -0.05) is 24.3 Å². The third-order valence-electron chi connectivity index (χ3n) is 2.32. The van der Waals surface area contributed by atoms with E-state index in [4.69, 9.17) is 9.84 Å². The van der Waals surface area contributed by atoms with Crippen LogP contribution in [-0.4, -0.2) is 29.3 Å². The van der Waals surface area contributed by atoms with Crippen LogP contribution in [-0.2, 0) is 4.74 Å². The molecule has 0 unspecified atom stereocenters. The van der Waals surface area contributed by atoms with Crippen LogP contribution in [0.25, 0.3) is 6.08 Å². The van der Waals surface area contributed by atoms with Gasteiger partial charge in [0.15, 0.2) is 0 Å². The maximum atomic E-state index is 13.8.